The van der Waals surface area contributed by atoms with Gasteiger partial charge in [0.2, 0.25) is 0 Å². The largest absolute Gasteiger partial charge is 0.459 e. The Hall–Kier alpha value is -2.80. The van der Waals surface area contributed by atoms with Crippen molar-refractivity contribution in [2.24, 2.45) is 0 Å². The fourth-order valence-corrected chi connectivity index (χ4v) is 2.20. The van der Waals surface area contributed by atoms with Gasteiger partial charge >= 0.3 is 5.97 Å². The monoisotopic (exact) mass is 378 g/mol. The Morgan fingerprint density at radius 3 is 2.58 bits per heavy atom. The van der Waals surface area contributed by atoms with Gasteiger partial charge in [0.25, 0.3) is 11.8 Å². The molecule has 2 N–H and O–H groups in total. The van der Waals surface area contributed by atoms with Crippen molar-refractivity contribution in [1.82, 2.24) is 5.32 Å². The van der Waals surface area contributed by atoms with Crippen LogP contribution in [0.2, 0.25) is 5.02 Å². The van der Waals surface area contributed by atoms with E-state index in [1.54, 1.807) is 24.3 Å². The summed E-state index contributed by atoms with van der Waals surface area (Å²) >= 11 is 5.91. The van der Waals surface area contributed by atoms with Gasteiger partial charge in [-0.15, -0.1) is 0 Å². The first-order chi connectivity index (χ1) is 12.3. The van der Waals surface area contributed by atoms with Crippen molar-refractivity contribution in [2.45, 2.75) is 32.9 Å². The second kappa shape index (κ2) is 8.53. The number of carbonyl (C=O) groups is 3. The van der Waals surface area contributed by atoms with Gasteiger partial charge in [-0.25, -0.2) is 4.79 Å². The number of nitrogens with one attached hydrogen (secondary N) is 2. The van der Waals surface area contributed by atoms with Crippen LogP contribution in [0.25, 0.3) is 0 Å². The molecule has 7 nitrogen and oxygen atoms in total. The van der Waals surface area contributed by atoms with Gasteiger partial charge in [0.05, 0.1) is 6.26 Å². The predicted octanol–water partition coefficient (Wildman–Crippen LogP) is 2.93. The Bertz CT molecular complexity index is 804. The third-order valence-electron chi connectivity index (χ3n) is 3.57. The Kier molecular flexibility index (Phi) is 6.41. The first-order valence-electron chi connectivity index (χ1n) is 7.90. The summed E-state index contributed by atoms with van der Waals surface area (Å²) in [5.41, 5.74) is 1.35. The molecule has 0 aliphatic rings. The number of carbonyl (C=O) groups excluding carboxylic acids is 3. The molecule has 0 saturated carbocycles. The molecule has 1 aromatic carbocycles. The summed E-state index contributed by atoms with van der Waals surface area (Å²) in [6, 6.07) is 7.16. The van der Waals surface area contributed by atoms with Crippen molar-refractivity contribution in [1.29, 1.82) is 0 Å². The second-order valence-electron chi connectivity index (χ2n) is 5.70. The summed E-state index contributed by atoms with van der Waals surface area (Å²) in [4.78, 5) is 36.1. The van der Waals surface area contributed by atoms with Crippen LogP contribution in [0.15, 0.2) is 41.0 Å². The minimum atomic E-state index is -1.05. The van der Waals surface area contributed by atoms with Crippen molar-refractivity contribution in [3.8, 4) is 0 Å². The number of anilines is 1. The molecule has 1 aromatic heterocycles. The first-order valence-corrected chi connectivity index (χ1v) is 8.27. The minimum absolute atomic E-state index is 0.0758. The van der Waals surface area contributed by atoms with Crippen LogP contribution in [0.3, 0.4) is 0 Å². The molecule has 138 valence electrons. The average molecular weight is 379 g/mol. The molecule has 1 heterocycles. The molecule has 0 fully saturated rings. The third kappa shape index (κ3) is 5.10. The highest BCUT2D eigenvalue weighted by molar-refractivity contribution is 6.31. The summed E-state index contributed by atoms with van der Waals surface area (Å²) in [5.74, 6) is -1.72. The zero-order chi connectivity index (χ0) is 19.3. The number of esters is 1. The molecule has 2 aromatic rings. The van der Waals surface area contributed by atoms with Crippen LogP contribution in [0, 0.1) is 6.92 Å². The molecular weight excluding hydrogens is 360 g/mol. The Morgan fingerprint density at radius 1 is 1.19 bits per heavy atom. The van der Waals surface area contributed by atoms with E-state index in [9.17, 15) is 14.4 Å². The molecule has 0 aliphatic heterocycles. The number of benzene rings is 1. The number of amides is 2. The number of rotatable bonds is 6. The van der Waals surface area contributed by atoms with Crippen LogP contribution in [-0.4, -0.2) is 29.9 Å². The number of hydrogen-bond donors (Lipinski definition) is 2. The van der Waals surface area contributed by atoms with Crippen molar-refractivity contribution in [2.75, 3.05) is 5.32 Å². The van der Waals surface area contributed by atoms with Crippen molar-refractivity contribution >= 4 is 35.1 Å². The maximum atomic E-state index is 12.2. The van der Waals surface area contributed by atoms with Gasteiger partial charge in [-0.1, -0.05) is 17.7 Å². The predicted molar refractivity (Wildman–Crippen MR) is 96.0 cm³/mol. The van der Waals surface area contributed by atoms with E-state index in [1.165, 1.54) is 26.2 Å². The van der Waals surface area contributed by atoms with E-state index >= 15 is 0 Å². The number of furan rings is 1. The lowest BCUT2D eigenvalue weighted by atomic mass is 10.2. The molecule has 8 heteroatoms. The summed E-state index contributed by atoms with van der Waals surface area (Å²) in [6.45, 7) is 4.71. The highest BCUT2D eigenvalue weighted by Crippen LogP contribution is 2.20. The first kappa shape index (κ1) is 19.5. The smallest absolute Gasteiger partial charge is 0.329 e. The van der Waals surface area contributed by atoms with Gasteiger partial charge in [-0.3, -0.25) is 9.59 Å². The molecule has 26 heavy (non-hydrogen) atoms. The van der Waals surface area contributed by atoms with Crippen molar-refractivity contribution < 1.29 is 23.5 Å². The second-order valence-corrected chi connectivity index (χ2v) is 6.14. The fourth-order valence-electron chi connectivity index (χ4n) is 2.03. The van der Waals surface area contributed by atoms with Crippen LogP contribution >= 0.6 is 11.6 Å². The average Bonchev–Trinajstić information content (AvgIpc) is 3.12. The summed E-state index contributed by atoms with van der Waals surface area (Å²) in [7, 11) is 0. The highest BCUT2D eigenvalue weighted by atomic mass is 35.5. The Labute approximate surface area is 155 Å². The maximum Gasteiger partial charge on any atom is 0.329 e. The SMILES string of the molecule is Cc1ccc(Cl)cc1NC(=O)[C@@H](C)OC(=O)[C@H](C)NC(=O)c1ccco1. The van der Waals surface area contributed by atoms with Crippen LogP contribution < -0.4 is 10.6 Å². The van der Waals surface area contributed by atoms with E-state index in [2.05, 4.69) is 10.6 Å². The van der Waals surface area contributed by atoms with E-state index in [0.717, 1.165) is 5.56 Å². The number of hydrogen-bond acceptors (Lipinski definition) is 5. The van der Waals surface area contributed by atoms with Crippen LogP contribution in [0.1, 0.15) is 30.0 Å². The van der Waals surface area contributed by atoms with Gasteiger partial charge < -0.3 is 19.8 Å². The van der Waals surface area contributed by atoms with Gasteiger partial charge in [0.1, 0.15) is 6.04 Å². The molecule has 2 amide bonds. The third-order valence-corrected chi connectivity index (χ3v) is 3.80. The topological polar surface area (TPSA) is 97.6 Å². The molecular formula is C18H19ClN2O5. The Balaban J connectivity index is 1.90. The quantitative estimate of drug-likeness (QED) is 0.753. The Morgan fingerprint density at radius 2 is 1.92 bits per heavy atom. The maximum absolute atomic E-state index is 12.2. The molecule has 0 unspecified atom stereocenters. The number of halogens is 1. The fraction of sp³-hybridized carbons (Fsp3) is 0.278. The van der Waals surface area contributed by atoms with E-state index in [1.807, 2.05) is 6.92 Å². The molecule has 0 bridgehead atoms. The van der Waals surface area contributed by atoms with Crippen LogP contribution in [-0.2, 0) is 14.3 Å². The van der Waals surface area contributed by atoms with Crippen molar-refractivity contribution in [3.63, 3.8) is 0 Å². The highest BCUT2D eigenvalue weighted by Gasteiger charge is 2.24. The van der Waals surface area contributed by atoms with Crippen LogP contribution in [0.4, 0.5) is 5.69 Å². The minimum Gasteiger partial charge on any atom is -0.459 e. The van der Waals surface area contributed by atoms with E-state index in [0.29, 0.717) is 10.7 Å². The van der Waals surface area contributed by atoms with Gasteiger partial charge in [0, 0.05) is 10.7 Å². The van der Waals surface area contributed by atoms with E-state index in [4.69, 9.17) is 20.8 Å². The molecule has 0 aliphatic carbocycles. The summed E-state index contributed by atoms with van der Waals surface area (Å²) in [6.07, 6.45) is 0.297. The van der Waals surface area contributed by atoms with E-state index in [-0.39, 0.29) is 5.76 Å². The zero-order valence-electron chi connectivity index (χ0n) is 14.5. The summed E-state index contributed by atoms with van der Waals surface area (Å²) in [5, 5.41) is 5.57. The lowest BCUT2D eigenvalue weighted by Crippen LogP contribution is -2.42. The lowest BCUT2D eigenvalue weighted by Gasteiger charge is -2.18. The zero-order valence-corrected chi connectivity index (χ0v) is 15.3. The number of ether oxygens (including phenoxy) is 1. The van der Waals surface area contributed by atoms with Crippen molar-refractivity contribution in [3.05, 3.63) is 52.9 Å². The van der Waals surface area contributed by atoms with Gasteiger partial charge in [-0.05, 0) is 50.6 Å². The van der Waals surface area contributed by atoms with Gasteiger partial charge in [0.15, 0.2) is 11.9 Å². The molecule has 2 rings (SSSR count). The summed E-state index contributed by atoms with van der Waals surface area (Å²) < 4.78 is 10.0. The van der Waals surface area contributed by atoms with Crippen LogP contribution in [0.5, 0.6) is 0 Å². The molecule has 0 saturated heterocycles. The number of aryl methyl sites for hydroxylation is 1. The lowest BCUT2D eigenvalue weighted by molar-refractivity contribution is -0.154. The van der Waals surface area contributed by atoms with E-state index < -0.39 is 29.9 Å². The molecule has 0 spiro atoms. The molecule has 0 radical (unpaired) electrons. The van der Waals surface area contributed by atoms with Gasteiger partial charge in [-0.2, -0.15) is 0 Å². The standard InChI is InChI=1S/C18H19ClN2O5/c1-10-6-7-13(19)9-14(10)21-16(22)12(3)26-18(24)11(2)20-17(23)15-5-4-8-25-15/h4-9,11-12H,1-3H3,(H,20,23)(H,21,22)/t11-,12+/m0/s1. The molecule has 2 atom stereocenters. The normalized spacial score (nSPS) is 12.8.